The zero-order valence-corrected chi connectivity index (χ0v) is 17.2. The SMILES string of the molecule is C[NH2+]/C=C(\C=N)c1cn(-c2cccc3c2CCN=C3c2ccc(C(N)=O)c(N)c2)cn1. The Balaban J connectivity index is 1.76. The van der Waals surface area contributed by atoms with E-state index in [9.17, 15) is 4.79 Å². The number of benzene rings is 2. The van der Waals surface area contributed by atoms with E-state index < -0.39 is 5.91 Å². The predicted molar refractivity (Wildman–Crippen MR) is 122 cm³/mol. The fourth-order valence-corrected chi connectivity index (χ4v) is 3.84. The standard InChI is InChI=1S/C23H23N7O/c1-27-11-15(10-24)20-12-30(13-29-20)21-4-2-3-17-16(21)7-8-28-22(17)14-5-6-18(23(26)31)19(25)9-14/h2-6,9-13,24,27H,7-8,25H2,1H3,(H2,26,31)/p+1/b15-11+,24-10?. The van der Waals surface area contributed by atoms with Crippen molar-refractivity contribution in [2.75, 3.05) is 19.3 Å². The second kappa shape index (κ2) is 8.37. The Hall–Kier alpha value is -4.04. The van der Waals surface area contributed by atoms with Gasteiger partial charge in [0.1, 0.15) is 6.20 Å². The average molecular weight is 414 g/mol. The molecule has 0 fully saturated rings. The summed E-state index contributed by atoms with van der Waals surface area (Å²) in [6.45, 7) is 0.648. The quantitative estimate of drug-likeness (QED) is 0.355. The summed E-state index contributed by atoms with van der Waals surface area (Å²) in [5.41, 5.74) is 18.5. The van der Waals surface area contributed by atoms with E-state index in [1.165, 1.54) is 6.21 Å². The first-order valence-electron chi connectivity index (χ1n) is 9.94. The van der Waals surface area contributed by atoms with Crippen LogP contribution in [-0.2, 0) is 6.42 Å². The van der Waals surface area contributed by atoms with Gasteiger partial charge >= 0.3 is 0 Å². The number of nitrogens with zero attached hydrogens (tertiary/aromatic N) is 3. The number of nitrogens with one attached hydrogen (secondary N) is 1. The number of fused-ring (bicyclic) bond motifs is 1. The van der Waals surface area contributed by atoms with E-state index >= 15 is 0 Å². The number of carbonyl (C=O) groups is 1. The van der Waals surface area contributed by atoms with Gasteiger partial charge in [0.15, 0.2) is 0 Å². The molecule has 156 valence electrons. The number of imidazole rings is 1. The van der Waals surface area contributed by atoms with Crippen molar-refractivity contribution in [3.8, 4) is 5.69 Å². The van der Waals surface area contributed by atoms with Crippen LogP contribution in [0.1, 0.15) is 32.7 Å². The van der Waals surface area contributed by atoms with Crippen molar-refractivity contribution in [3.05, 3.63) is 83.1 Å². The van der Waals surface area contributed by atoms with Crippen LogP contribution in [0.25, 0.3) is 11.3 Å². The molecule has 1 aliphatic heterocycles. The summed E-state index contributed by atoms with van der Waals surface area (Å²) in [6.07, 6.45) is 7.67. The minimum Gasteiger partial charge on any atom is -0.398 e. The second-order valence-corrected chi connectivity index (χ2v) is 7.22. The van der Waals surface area contributed by atoms with Crippen LogP contribution in [0.5, 0.6) is 0 Å². The molecule has 7 N–H and O–H groups in total. The number of rotatable bonds is 6. The number of hydrogen-bond acceptors (Lipinski definition) is 5. The lowest BCUT2D eigenvalue weighted by Gasteiger charge is -2.21. The number of aromatic nitrogens is 2. The van der Waals surface area contributed by atoms with Gasteiger partial charge in [0.05, 0.1) is 41.6 Å². The highest BCUT2D eigenvalue weighted by Gasteiger charge is 2.20. The topological polar surface area (TPSA) is 140 Å². The fraction of sp³-hybridized carbons (Fsp3) is 0.130. The van der Waals surface area contributed by atoms with Crippen LogP contribution in [0.4, 0.5) is 5.69 Å². The molecule has 0 spiro atoms. The lowest BCUT2D eigenvalue weighted by Crippen LogP contribution is -2.72. The van der Waals surface area contributed by atoms with Gasteiger partial charge in [0.2, 0.25) is 0 Å². The van der Waals surface area contributed by atoms with Crippen molar-refractivity contribution in [1.29, 1.82) is 5.41 Å². The molecule has 4 rings (SSSR count). The first-order chi connectivity index (χ1) is 15.0. The number of aliphatic imine (C=N–C) groups is 1. The van der Waals surface area contributed by atoms with E-state index in [1.54, 1.807) is 18.5 Å². The van der Waals surface area contributed by atoms with Gasteiger partial charge in [-0.15, -0.1) is 0 Å². The number of allylic oxidation sites excluding steroid dienone is 1. The molecule has 8 nitrogen and oxygen atoms in total. The molecule has 1 amide bonds. The summed E-state index contributed by atoms with van der Waals surface area (Å²) >= 11 is 0. The summed E-state index contributed by atoms with van der Waals surface area (Å²) in [5.74, 6) is -0.549. The molecule has 2 aromatic carbocycles. The molecule has 8 heteroatoms. The van der Waals surface area contributed by atoms with Gasteiger partial charge < -0.3 is 26.8 Å². The van der Waals surface area contributed by atoms with E-state index in [2.05, 4.69) is 11.1 Å². The zero-order chi connectivity index (χ0) is 22.0. The lowest BCUT2D eigenvalue weighted by molar-refractivity contribution is -0.555. The first kappa shape index (κ1) is 20.2. The number of primary amides is 1. The maximum atomic E-state index is 11.5. The molecule has 0 unspecified atom stereocenters. The number of quaternary nitrogens is 1. The zero-order valence-electron chi connectivity index (χ0n) is 17.2. The number of nitrogen functional groups attached to an aromatic ring is 1. The normalized spacial score (nSPS) is 13.5. The summed E-state index contributed by atoms with van der Waals surface area (Å²) in [6, 6.07) is 11.3. The molecule has 0 saturated heterocycles. The number of anilines is 1. The van der Waals surface area contributed by atoms with E-state index in [1.807, 2.05) is 47.5 Å². The van der Waals surface area contributed by atoms with Gasteiger partial charge in [-0.05, 0) is 30.2 Å². The maximum Gasteiger partial charge on any atom is 0.250 e. The van der Waals surface area contributed by atoms with Crippen molar-refractivity contribution in [3.63, 3.8) is 0 Å². The molecule has 0 bridgehead atoms. The Morgan fingerprint density at radius 1 is 1.29 bits per heavy atom. The third-order valence-electron chi connectivity index (χ3n) is 5.29. The molecular weight excluding hydrogens is 390 g/mol. The molecule has 2 heterocycles. The smallest absolute Gasteiger partial charge is 0.250 e. The number of nitrogens with two attached hydrogens (primary N) is 3. The van der Waals surface area contributed by atoms with Crippen LogP contribution in [0.3, 0.4) is 0 Å². The number of carbonyl (C=O) groups excluding carboxylic acids is 1. The average Bonchev–Trinajstić information content (AvgIpc) is 3.26. The predicted octanol–water partition coefficient (Wildman–Crippen LogP) is 1.13. The van der Waals surface area contributed by atoms with Crippen LogP contribution >= 0.6 is 0 Å². The van der Waals surface area contributed by atoms with Crippen molar-refractivity contribution < 1.29 is 10.1 Å². The summed E-state index contributed by atoms with van der Waals surface area (Å²) in [5, 5.41) is 9.52. The lowest BCUT2D eigenvalue weighted by atomic mass is 9.91. The van der Waals surface area contributed by atoms with Crippen molar-refractivity contribution in [2.24, 2.45) is 10.7 Å². The molecule has 1 aliphatic rings. The van der Waals surface area contributed by atoms with E-state index in [0.29, 0.717) is 17.8 Å². The van der Waals surface area contributed by atoms with Crippen molar-refractivity contribution in [2.45, 2.75) is 6.42 Å². The number of hydrogen-bond donors (Lipinski definition) is 4. The molecule has 0 atom stereocenters. The van der Waals surface area contributed by atoms with Crippen LogP contribution in [0, 0.1) is 5.41 Å². The third-order valence-corrected chi connectivity index (χ3v) is 5.29. The summed E-state index contributed by atoms with van der Waals surface area (Å²) in [4.78, 5) is 20.7. The molecule has 0 saturated carbocycles. The van der Waals surface area contributed by atoms with Crippen LogP contribution in [0.15, 0.2) is 60.1 Å². The molecular formula is C23H24N7O+. The number of amides is 1. The Labute approximate surface area is 179 Å². The van der Waals surface area contributed by atoms with Gasteiger partial charge in [-0.1, -0.05) is 18.2 Å². The minimum atomic E-state index is -0.549. The minimum absolute atomic E-state index is 0.305. The van der Waals surface area contributed by atoms with Gasteiger partial charge in [-0.2, -0.15) is 0 Å². The maximum absolute atomic E-state index is 11.5. The first-order valence-corrected chi connectivity index (χ1v) is 9.94. The van der Waals surface area contributed by atoms with Crippen LogP contribution < -0.4 is 16.8 Å². The fourth-order valence-electron chi connectivity index (χ4n) is 3.84. The van der Waals surface area contributed by atoms with E-state index in [4.69, 9.17) is 21.9 Å². The van der Waals surface area contributed by atoms with Crippen LogP contribution in [-0.4, -0.2) is 41.0 Å². The largest absolute Gasteiger partial charge is 0.398 e. The molecule has 0 radical (unpaired) electrons. The highest BCUT2D eigenvalue weighted by molar-refractivity contribution is 6.15. The molecule has 31 heavy (non-hydrogen) atoms. The Morgan fingerprint density at radius 2 is 2.13 bits per heavy atom. The Kier molecular flexibility index (Phi) is 5.46. The van der Waals surface area contributed by atoms with Crippen molar-refractivity contribution >= 4 is 29.1 Å². The van der Waals surface area contributed by atoms with Gasteiger partial charge in [-0.3, -0.25) is 9.79 Å². The summed E-state index contributed by atoms with van der Waals surface area (Å²) in [7, 11) is 1.91. The van der Waals surface area contributed by atoms with Gasteiger partial charge in [-0.25, -0.2) is 4.98 Å². The Bertz CT molecular complexity index is 1240. The molecule has 0 aliphatic carbocycles. The van der Waals surface area contributed by atoms with Crippen LogP contribution in [0.2, 0.25) is 0 Å². The monoisotopic (exact) mass is 414 g/mol. The second-order valence-electron chi connectivity index (χ2n) is 7.22. The van der Waals surface area contributed by atoms with Gasteiger partial charge in [0.25, 0.3) is 5.91 Å². The third kappa shape index (κ3) is 3.76. The highest BCUT2D eigenvalue weighted by Crippen LogP contribution is 2.28. The van der Waals surface area contributed by atoms with Crippen molar-refractivity contribution in [1.82, 2.24) is 9.55 Å². The molecule has 1 aromatic heterocycles. The van der Waals surface area contributed by atoms with E-state index in [0.717, 1.165) is 45.8 Å². The van der Waals surface area contributed by atoms with E-state index in [-0.39, 0.29) is 0 Å². The highest BCUT2D eigenvalue weighted by atomic mass is 16.1. The molecule has 3 aromatic rings. The van der Waals surface area contributed by atoms with Gasteiger partial charge in [0, 0.05) is 35.8 Å². The summed E-state index contributed by atoms with van der Waals surface area (Å²) < 4.78 is 1.98. The Morgan fingerprint density at radius 3 is 2.84 bits per heavy atom.